The van der Waals surface area contributed by atoms with E-state index in [0.29, 0.717) is 0 Å². The molecule has 0 saturated heterocycles. The number of hydrogen-bond acceptors (Lipinski definition) is 1. The Balaban J connectivity index is 2.77. The molecule has 0 aromatic carbocycles. The van der Waals surface area contributed by atoms with E-state index in [1.807, 2.05) is 12.1 Å². The largest absolute Gasteiger partial charge is 0.303 e. The number of nitrogens with zero attached hydrogens (tertiary/aromatic N) is 2. The highest BCUT2D eigenvalue weighted by molar-refractivity contribution is 9.10. The van der Waals surface area contributed by atoms with E-state index < -0.39 is 0 Å². The third-order valence-corrected chi connectivity index (χ3v) is 2.72. The van der Waals surface area contributed by atoms with Crippen LogP contribution in [0.2, 0.25) is 0 Å². The summed E-state index contributed by atoms with van der Waals surface area (Å²) in [5, 5.41) is 0. The van der Waals surface area contributed by atoms with Crippen molar-refractivity contribution in [1.82, 2.24) is 9.38 Å². The van der Waals surface area contributed by atoms with E-state index in [4.69, 9.17) is 0 Å². The number of aromatic nitrogens is 2. The molecule has 0 aliphatic rings. The fourth-order valence-corrected chi connectivity index (χ4v) is 1.86. The molecular formula is C10H11BrN2. The van der Waals surface area contributed by atoms with E-state index in [2.05, 4.69) is 45.4 Å². The lowest BCUT2D eigenvalue weighted by molar-refractivity contribution is 1.02. The number of pyridine rings is 1. The van der Waals surface area contributed by atoms with Crippen LogP contribution in [-0.2, 0) is 6.42 Å². The molecule has 2 nitrogen and oxygen atoms in total. The summed E-state index contributed by atoms with van der Waals surface area (Å²) in [6, 6.07) is 4.04. The molecule has 0 aliphatic heterocycles. The topological polar surface area (TPSA) is 17.3 Å². The van der Waals surface area contributed by atoms with Crippen LogP contribution in [0.5, 0.6) is 0 Å². The standard InChI is InChI=1S/C10H11BrN2/c1-3-9-7(2)13-6-8(11)4-5-10(13)12-9/h4-6H,3H2,1-2H3. The number of halogens is 1. The molecule has 3 heteroatoms. The fourth-order valence-electron chi connectivity index (χ4n) is 1.52. The van der Waals surface area contributed by atoms with Crippen LogP contribution in [-0.4, -0.2) is 9.38 Å². The Morgan fingerprint density at radius 1 is 1.46 bits per heavy atom. The summed E-state index contributed by atoms with van der Waals surface area (Å²) in [7, 11) is 0. The van der Waals surface area contributed by atoms with Gasteiger partial charge in [-0.3, -0.25) is 0 Å². The van der Waals surface area contributed by atoms with Gasteiger partial charge in [-0.25, -0.2) is 4.98 Å². The summed E-state index contributed by atoms with van der Waals surface area (Å²) in [5.41, 5.74) is 3.44. The molecule has 0 atom stereocenters. The van der Waals surface area contributed by atoms with Gasteiger partial charge < -0.3 is 4.40 Å². The number of hydrogen-bond donors (Lipinski definition) is 0. The first-order valence-electron chi connectivity index (χ1n) is 4.35. The molecule has 0 spiro atoms. The number of fused-ring (bicyclic) bond motifs is 1. The Bertz CT molecular complexity index is 445. The van der Waals surface area contributed by atoms with Crippen LogP contribution in [0.15, 0.2) is 22.8 Å². The predicted molar refractivity (Wildman–Crippen MR) is 57.0 cm³/mol. The highest BCUT2D eigenvalue weighted by atomic mass is 79.9. The van der Waals surface area contributed by atoms with Gasteiger partial charge in [0, 0.05) is 16.4 Å². The zero-order chi connectivity index (χ0) is 9.42. The Labute approximate surface area is 85.7 Å². The second kappa shape index (κ2) is 3.14. The molecule has 0 radical (unpaired) electrons. The molecule has 2 aromatic rings. The van der Waals surface area contributed by atoms with E-state index in [1.54, 1.807) is 0 Å². The molecule has 2 aromatic heterocycles. The third-order valence-electron chi connectivity index (χ3n) is 2.25. The van der Waals surface area contributed by atoms with Crippen LogP contribution in [0.1, 0.15) is 18.3 Å². The SMILES string of the molecule is CCc1nc2ccc(Br)cn2c1C. The van der Waals surface area contributed by atoms with Crippen molar-refractivity contribution < 1.29 is 0 Å². The Hall–Kier alpha value is -0.830. The van der Waals surface area contributed by atoms with Gasteiger partial charge in [0.1, 0.15) is 5.65 Å². The van der Waals surface area contributed by atoms with Crippen molar-refractivity contribution in [1.29, 1.82) is 0 Å². The number of aryl methyl sites for hydroxylation is 2. The van der Waals surface area contributed by atoms with Gasteiger partial charge in [0.15, 0.2) is 0 Å². The van der Waals surface area contributed by atoms with Crippen LogP contribution in [0.3, 0.4) is 0 Å². The lowest BCUT2D eigenvalue weighted by Gasteiger charge is -1.96. The molecule has 2 rings (SSSR count). The van der Waals surface area contributed by atoms with Crippen LogP contribution >= 0.6 is 15.9 Å². The highest BCUT2D eigenvalue weighted by Gasteiger charge is 2.05. The molecule has 0 bridgehead atoms. The molecule has 0 unspecified atom stereocenters. The molecule has 13 heavy (non-hydrogen) atoms. The monoisotopic (exact) mass is 238 g/mol. The molecule has 2 heterocycles. The van der Waals surface area contributed by atoms with Crippen molar-refractivity contribution in [2.45, 2.75) is 20.3 Å². The highest BCUT2D eigenvalue weighted by Crippen LogP contribution is 2.16. The van der Waals surface area contributed by atoms with Crippen molar-refractivity contribution >= 4 is 21.6 Å². The molecule has 0 N–H and O–H groups in total. The van der Waals surface area contributed by atoms with Gasteiger partial charge in [0.05, 0.1) is 5.69 Å². The summed E-state index contributed by atoms with van der Waals surface area (Å²) in [4.78, 5) is 4.51. The van der Waals surface area contributed by atoms with Gasteiger partial charge in [-0.1, -0.05) is 6.92 Å². The van der Waals surface area contributed by atoms with Crippen LogP contribution in [0, 0.1) is 6.92 Å². The second-order valence-electron chi connectivity index (χ2n) is 3.07. The van der Waals surface area contributed by atoms with E-state index in [9.17, 15) is 0 Å². The Kier molecular flexibility index (Phi) is 2.12. The normalized spacial score (nSPS) is 11.0. The molecule has 0 amide bonds. The summed E-state index contributed by atoms with van der Waals surface area (Å²) >= 11 is 3.45. The van der Waals surface area contributed by atoms with Crippen molar-refractivity contribution in [3.05, 3.63) is 34.2 Å². The Morgan fingerprint density at radius 2 is 2.23 bits per heavy atom. The first-order valence-corrected chi connectivity index (χ1v) is 5.14. The average molecular weight is 239 g/mol. The maximum atomic E-state index is 4.51. The lowest BCUT2D eigenvalue weighted by atomic mass is 10.3. The van der Waals surface area contributed by atoms with E-state index in [0.717, 1.165) is 16.5 Å². The molecular weight excluding hydrogens is 228 g/mol. The first kappa shape index (κ1) is 8.75. The summed E-state index contributed by atoms with van der Waals surface area (Å²) < 4.78 is 3.20. The zero-order valence-corrected chi connectivity index (χ0v) is 9.30. The van der Waals surface area contributed by atoms with Gasteiger partial charge in [0.2, 0.25) is 0 Å². The van der Waals surface area contributed by atoms with E-state index in [-0.39, 0.29) is 0 Å². The second-order valence-corrected chi connectivity index (χ2v) is 3.99. The quantitative estimate of drug-likeness (QED) is 0.747. The molecule has 0 saturated carbocycles. The van der Waals surface area contributed by atoms with Gasteiger partial charge >= 0.3 is 0 Å². The van der Waals surface area contributed by atoms with E-state index >= 15 is 0 Å². The fraction of sp³-hybridized carbons (Fsp3) is 0.300. The third kappa shape index (κ3) is 1.37. The van der Waals surface area contributed by atoms with Gasteiger partial charge in [-0.05, 0) is 41.4 Å². The zero-order valence-electron chi connectivity index (χ0n) is 7.71. The van der Waals surface area contributed by atoms with Crippen LogP contribution in [0.4, 0.5) is 0 Å². The van der Waals surface area contributed by atoms with Crippen molar-refractivity contribution in [3.63, 3.8) is 0 Å². The smallest absolute Gasteiger partial charge is 0.137 e. The minimum atomic E-state index is 0.991. The van der Waals surface area contributed by atoms with Crippen molar-refractivity contribution in [2.75, 3.05) is 0 Å². The predicted octanol–water partition coefficient (Wildman–Crippen LogP) is 2.97. The van der Waals surface area contributed by atoms with Crippen LogP contribution < -0.4 is 0 Å². The van der Waals surface area contributed by atoms with Crippen molar-refractivity contribution in [2.24, 2.45) is 0 Å². The maximum absolute atomic E-state index is 4.51. The average Bonchev–Trinajstić information content (AvgIpc) is 2.44. The van der Waals surface area contributed by atoms with Gasteiger partial charge in [-0.2, -0.15) is 0 Å². The van der Waals surface area contributed by atoms with Crippen LogP contribution in [0.25, 0.3) is 5.65 Å². The summed E-state index contributed by atoms with van der Waals surface area (Å²) in [6.45, 7) is 4.23. The first-order chi connectivity index (χ1) is 6.22. The van der Waals surface area contributed by atoms with Gasteiger partial charge in [0.25, 0.3) is 0 Å². The molecule has 0 aliphatic carbocycles. The molecule has 68 valence electrons. The number of imidazole rings is 1. The van der Waals surface area contributed by atoms with Crippen molar-refractivity contribution in [3.8, 4) is 0 Å². The van der Waals surface area contributed by atoms with E-state index in [1.165, 1.54) is 11.4 Å². The maximum Gasteiger partial charge on any atom is 0.137 e. The minimum Gasteiger partial charge on any atom is -0.303 e. The molecule has 0 fully saturated rings. The lowest BCUT2D eigenvalue weighted by Crippen LogP contribution is -1.88. The van der Waals surface area contributed by atoms with Gasteiger partial charge in [-0.15, -0.1) is 0 Å². The summed E-state index contributed by atoms with van der Waals surface area (Å²) in [5.74, 6) is 0. The summed E-state index contributed by atoms with van der Waals surface area (Å²) in [6.07, 6.45) is 3.04. The Morgan fingerprint density at radius 3 is 2.92 bits per heavy atom. The number of rotatable bonds is 1. The minimum absolute atomic E-state index is 0.991.